The lowest BCUT2D eigenvalue weighted by Crippen LogP contribution is -2.17. The molecule has 0 aromatic carbocycles. The summed E-state index contributed by atoms with van der Waals surface area (Å²) in [6.45, 7) is 3.70. The second-order valence-corrected chi connectivity index (χ2v) is 4.74. The molecular formula is C11H13N3OS. The van der Waals surface area contributed by atoms with Crippen molar-refractivity contribution in [1.82, 2.24) is 10.2 Å². The molecule has 0 radical (unpaired) electrons. The number of aromatic nitrogens is 2. The normalized spacial score (nSPS) is 10.7. The standard InChI is InChI=1S/C11H13N3OS/c1-7(2)11(15)12-10-6-8(13-14-10)9-4-3-5-16-9/h3-7H,1-2H3,(H2,12,13,14,15). The van der Waals surface area contributed by atoms with Gasteiger partial charge in [0, 0.05) is 12.0 Å². The van der Waals surface area contributed by atoms with E-state index in [1.54, 1.807) is 11.3 Å². The molecule has 5 heteroatoms. The van der Waals surface area contributed by atoms with Crippen molar-refractivity contribution in [2.24, 2.45) is 5.92 Å². The number of carbonyl (C=O) groups excluding carboxylic acids is 1. The third kappa shape index (κ3) is 2.30. The van der Waals surface area contributed by atoms with Crippen LogP contribution >= 0.6 is 11.3 Å². The van der Waals surface area contributed by atoms with Gasteiger partial charge in [0.2, 0.25) is 5.91 Å². The molecule has 84 valence electrons. The van der Waals surface area contributed by atoms with Gasteiger partial charge in [-0.2, -0.15) is 5.10 Å². The van der Waals surface area contributed by atoms with Gasteiger partial charge in [0.05, 0.1) is 10.6 Å². The Labute approximate surface area is 97.7 Å². The van der Waals surface area contributed by atoms with E-state index in [2.05, 4.69) is 15.5 Å². The van der Waals surface area contributed by atoms with E-state index in [9.17, 15) is 4.79 Å². The molecule has 16 heavy (non-hydrogen) atoms. The van der Waals surface area contributed by atoms with Crippen molar-refractivity contribution in [1.29, 1.82) is 0 Å². The van der Waals surface area contributed by atoms with Crippen LogP contribution in [0.2, 0.25) is 0 Å². The molecule has 2 aromatic heterocycles. The molecule has 0 aliphatic carbocycles. The Kier molecular flexibility index (Phi) is 3.05. The minimum atomic E-state index is -0.0399. The van der Waals surface area contributed by atoms with E-state index in [4.69, 9.17) is 0 Å². The zero-order valence-electron chi connectivity index (χ0n) is 9.15. The largest absolute Gasteiger partial charge is 0.309 e. The Morgan fingerprint density at radius 3 is 3.00 bits per heavy atom. The molecular weight excluding hydrogens is 222 g/mol. The van der Waals surface area contributed by atoms with Gasteiger partial charge in [-0.15, -0.1) is 11.3 Å². The highest BCUT2D eigenvalue weighted by Gasteiger charge is 2.10. The van der Waals surface area contributed by atoms with E-state index in [1.807, 2.05) is 37.4 Å². The highest BCUT2D eigenvalue weighted by Crippen LogP contribution is 2.24. The van der Waals surface area contributed by atoms with Crippen LogP contribution in [-0.2, 0) is 4.79 Å². The van der Waals surface area contributed by atoms with Crippen molar-refractivity contribution in [2.45, 2.75) is 13.8 Å². The predicted octanol–water partition coefficient (Wildman–Crippen LogP) is 2.73. The van der Waals surface area contributed by atoms with Crippen molar-refractivity contribution >= 4 is 23.1 Å². The molecule has 0 unspecified atom stereocenters. The fourth-order valence-electron chi connectivity index (χ4n) is 1.21. The lowest BCUT2D eigenvalue weighted by molar-refractivity contribution is -0.118. The zero-order chi connectivity index (χ0) is 11.5. The van der Waals surface area contributed by atoms with Gasteiger partial charge in [0.1, 0.15) is 0 Å². The first-order chi connectivity index (χ1) is 7.66. The number of rotatable bonds is 3. The molecule has 2 rings (SSSR count). The fourth-order valence-corrected chi connectivity index (χ4v) is 1.91. The Hall–Kier alpha value is -1.62. The molecule has 1 amide bonds. The van der Waals surface area contributed by atoms with Gasteiger partial charge < -0.3 is 5.32 Å². The maximum absolute atomic E-state index is 11.4. The van der Waals surface area contributed by atoms with Gasteiger partial charge in [-0.05, 0) is 11.4 Å². The number of amides is 1. The van der Waals surface area contributed by atoms with Crippen LogP contribution in [0.4, 0.5) is 5.82 Å². The molecule has 0 aliphatic heterocycles. The Balaban J connectivity index is 2.11. The number of aromatic amines is 1. The predicted molar refractivity (Wildman–Crippen MR) is 65.4 cm³/mol. The lowest BCUT2D eigenvalue weighted by Gasteiger charge is -2.02. The first kappa shape index (κ1) is 10.9. The van der Waals surface area contributed by atoms with Crippen LogP contribution in [0, 0.1) is 5.92 Å². The van der Waals surface area contributed by atoms with E-state index in [-0.39, 0.29) is 11.8 Å². The summed E-state index contributed by atoms with van der Waals surface area (Å²) in [5.74, 6) is 0.508. The number of hydrogen-bond donors (Lipinski definition) is 2. The van der Waals surface area contributed by atoms with Gasteiger partial charge in [-0.3, -0.25) is 9.89 Å². The number of anilines is 1. The molecule has 4 nitrogen and oxygen atoms in total. The average Bonchev–Trinajstić information content (AvgIpc) is 2.85. The number of hydrogen-bond acceptors (Lipinski definition) is 3. The van der Waals surface area contributed by atoms with Crippen LogP contribution in [0.25, 0.3) is 10.6 Å². The Bertz CT molecular complexity index is 473. The molecule has 0 fully saturated rings. The van der Waals surface area contributed by atoms with Crippen LogP contribution in [0.3, 0.4) is 0 Å². The summed E-state index contributed by atoms with van der Waals surface area (Å²) in [5.41, 5.74) is 0.925. The number of nitrogens with one attached hydrogen (secondary N) is 2. The quantitative estimate of drug-likeness (QED) is 0.859. The van der Waals surface area contributed by atoms with Crippen LogP contribution in [0.5, 0.6) is 0 Å². The maximum atomic E-state index is 11.4. The van der Waals surface area contributed by atoms with Gasteiger partial charge in [0.15, 0.2) is 5.82 Å². The summed E-state index contributed by atoms with van der Waals surface area (Å²) in [7, 11) is 0. The van der Waals surface area contributed by atoms with E-state index in [0.717, 1.165) is 10.6 Å². The Morgan fingerprint density at radius 2 is 2.38 bits per heavy atom. The topological polar surface area (TPSA) is 57.8 Å². The molecule has 0 bridgehead atoms. The molecule has 0 saturated carbocycles. The molecule has 0 spiro atoms. The number of carbonyl (C=O) groups is 1. The summed E-state index contributed by atoms with van der Waals surface area (Å²) >= 11 is 1.63. The maximum Gasteiger partial charge on any atom is 0.228 e. The van der Waals surface area contributed by atoms with Crippen LogP contribution in [0.15, 0.2) is 23.6 Å². The highest BCUT2D eigenvalue weighted by atomic mass is 32.1. The first-order valence-corrected chi connectivity index (χ1v) is 5.95. The van der Waals surface area contributed by atoms with E-state index in [1.165, 1.54) is 0 Å². The molecule has 0 aliphatic rings. The highest BCUT2D eigenvalue weighted by molar-refractivity contribution is 7.13. The molecule has 2 heterocycles. The first-order valence-electron chi connectivity index (χ1n) is 5.07. The monoisotopic (exact) mass is 235 g/mol. The van der Waals surface area contributed by atoms with E-state index >= 15 is 0 Å². The molecule has 0 saturated heterocycles. The second-order valence-electron chi connectivity index (χ2n) is 3.79. The average molecular weight is 235 g/mol. The summed E-state index contributed by atoms with van der Waals surface area (Å²) in [6.07, 6.45) is 0. The van der Waals surface area contributed by atoms with Crippen LogP contribution in [0.1, 0.15) is 13.8 Å². The van der Waals surface area contributed by atoms with E-state index < -0.39 is 0 Å². The van der Waals surface area contributed by atoms with Crippen molar-refractivity contribution in [3.8, 4) is 10.6 Å². The van der Waals surface area contributed by atoms with Crippen molar-refractivity contribution in [2.75, 3.05) is 5.32 Å². The third-order valence-electron chi connectivity index (χ3n) is 2.14. The molecule has 0 atom stereocenters. The second kappa shape index (κ2) is 4.49. The smallest absolute Gasteiger partial charge is 0.228 e. The van der Waals surface area contributed by atoms with Crippen molar-refractivity contribution in [3.63, 3.8) is 0 Å². The zero-order valence-corrected chi connectivity index (χ0v) is 9.97. The summed E-state index contributed by atoms with van der Waals surface area (Å²) in [5, 5.41) is 11.7. The fraction of sp³-hybridized carbons (Fsp3) is 0.273. The number of thiophene rings is 1. The van der Waals surface area contributed by atoms with Gasteiger partial charge in [0.25, 0.3) is 0 Å². The van der Waals surface area contributed by atoms with Gasteiger partial charge >= 0.3 is 0 Å². The summed E-state index contributed by atoms with van der Waals surface area (Å²) in [4.78, 5) is 12.6. The third-order valence-corrected chi connectivity index (χ3v) is 3.04. The Morgan fingerprint density at radius 1 is 1.56 bits per heavy atom. The lowest BCUT2D eigenvalue weighted by atomic mass is 10.2. The SMILES string of the molecule is CC(C)C(=O)Nc1cc(-c2cccs2)[nH]n1. The molecule has 2 N–H and O–H groups in total. The summed E-state index contributed by atoms with van der Waals surface area (Å²) in [6, 6.07) is 5.82. The number of H-pyrrole nitrogens is 1. The van der Waals surface area contributed by atoms with Crippen LogP contribution in [-0.4, -0.2) is 16.1 Å². The van der Waals surface area contributed by atoms with Crippen LogP contribution < -0.4 is 5.32 Å². The number of nitrogens with zero attached hydrogens (tertiary/aromatic N) is 1. The van der Waals surface area contributed by atoms with Crippen molar-refractivity contribution < 1.29 is 4.79 Å². The van der Waals surface area contributed by atoms with Crippen molar-refractivity contribution in [3.05, 3.63) is 23.6 Å². The molecule has 2 aromatic rings. The minimum Gasteiger partial charge on any atom is -0.309 e. The minimum absolute atomic E-state index is 0.0239. The van der Waals surface area contributed by atoms with Gasteiger partial charge in [-0.1, -0.05) is 19.9 Å². The van der Waals surface area contributed by atoms with E-state index in [0.29, 0.717) is 5.82 Å². The summed E-state index contributed by atoms with van der Waals surface area (Å²) < 4.78 is 0. The van der Waals surface area contributed by atoms with Gasteiger partial charge in [-0.25, -0.2) is 0 Å².